The van der Waals surface area contributed by atoms with Crippen molar-refractivity contribution in [3.05, 3.63) is 36.5 Å². The van der Waals surface area contributed by atoms with Crippen molar-refractivity contribution in [3.8, 4) is 5.75 Å². The van der Waals surface area contributed by atoms with Gasteiger partial charge in [-0.05, 0) is 31.4 Å². The number of unbranched alkanes of at least 4 members (excludes halogenated alkanes) is 2. The van der Waals surface area contributed by atoms with Crippen molar-refractivity contribution >= 4 is 16.9 Å². The molecular formula is C15H17NO3. The van der Waals surface area contributed by atoms with Gasteiger partial charge < -0.3 is 9.84 Å². The van der Waals surface area contributed by atoms with Crippen molar-refractivity contribution in [2.75, 3.05) is 6.61 Å². The average Bonchev–Trinajstić information content (AvgIpc) is 2.42. The first-order valence-electron chi connectivity index (χ1n) is 6.45. The van der Waals surface area contributed by atoms with Crippen LogP contribution in [0.3, 0.4) is 0 Å². The summed E-state index contributed by atoms with van der Waals surface area (Å²) in [6.45, 7) is 0.597. The fourth-order valence-electron chi connectivity index (χ4n) is 1.87. The summed E-state index contributed by atoms with van der Waals surface area (Å²) in [7, 11) is 0. The van der Waals surface area contributed by atoms with Crippen molar-refractivity contribution in [1.82, 2.24) is 4.98 Å². The molecule has 2 rings (SSSR count). The molecule has 1 N–H and O–H groups in total. The molecule has 19 heavy (non-hydrogen) atoms. The van der Waals surface area contributed by atoms with Crippen LogP contribution in [0, 0.1) is 0 Å². The van der Waals surface area contributed by atoms with Gasteiger partial charge in [-0.25, -0.2) is 0 Å². The Morgan fingerprint density at radius 3 is 2.89 bits per heavy atom. The van der Waals surface area contributed by atoms with Crippen LogP contribution in [0.15, 0.2) is 36.5 Å². The van der Waals surface area contributed by atoms with E-state index >= 15 is 0 Å². The Bertz CT molecular complexity index is 554. The lowest BCUT2D eigenvalue weighted by molar-refractivity contribution is -0.137. The minimum Gasteiger partial charge on any atom is -0.492 e. The largest absolute Gasteiger partial charge is 0.492 e. The van der Waals surface area contributed by atoms with Crippen LogP contribution in [0.25, 0.3) is 10.9 Å². The lowest BCUT2D eigenvalue weighted by Crippen LogP contribution is -1.99. The van der Waals surface area contributed by atoms with Crippen LogP contribution in [0.4, 0.5) is 0 Å². The maximum Gasteiger partial charge on any atom is 0.303 e. The number of nitrogens with zero attached hydrogens (tertiary/aromatic N) is 1. The first kappa shape index (κ1) is 13.3. The number of hydrogen-bond acceptors (Lipinski definition) is 3. The predicted molar refractivity (Wildman–Crippen MR) is 73.3 cm³/mol. The van der Waals surface area contributed by atoms with Gasteiger partial charge in [-0.1, -0.05) is 18.2 Å². The second-order valence-corrected chi connectivity index (χ2v) is 4.42. The highest BCUT2D eigenvalue weighted by Crippen LogP contribution is 2.18. The highest BCUT2D eigenvalue weighted by Gasteiger charge is 1.99. The number of rotatable bonds is 7. The number of ether oxygens (including phenoxy) is 1. The summed E-state index contributed by atoms with van der Waals surface area (Å²) in [6.07, 6.45) is 4.39. The molecule has 0 aliphatic rings. The van der Waals surface area contributed by atoms with Crippen molar-refractivity contribution in [1.29, 1.82) is 0 Å². The Hall–Kier alpha value is -2.10. The SMILES string of the molecule is O=C(O)CCCCCOc1cnc2ccccc2c1. The van der Waals surface area contributed by atoms with E-state index in [1.807, 2.05) is 30.3 Å². The summed E-state index contributed by atoms with van der Waals surface area (Å²) in [5.41, 5.74) is 0.955. The summed E-state index contributed by atoms with van der Waals surface area (Å²) >= 11 is 0. The number of aliphatic carboxylic acids is 1. The van der Waals surface area contributed by atoms with Crippen LogP contribution >= 0.6 is 0 Å². The Morgan fingerprint density at radius 1 is 1.21 bits per heavy atom. The molecule has 0 bridgehead atoms. The molecule has 4 heteroatoms. The van der Waals surface area contributed by atoms with E-state index in [1.54, 1.807) is 6.20 Å². The van der Waals surface area contributed by atoms with E-state index < -0.39 is 5.97 Å². The number of aromatic nitrogens is 1. The van der Waals surface area contributed by atoms with Gasteiger partial charge in [0, 0.05) is 11.8 Å². The summed E-state index contributed by atoms with van der Waals surface area (Å²) in [4.78, 5) is 14.7. The normalized spacial score (nSPS) is 10.5. The molecule has 0 saturated carbocycles. The van der Waals surface area contributed by atoms with E-state index in [-0.39, 0.29) is 6.42 Å². The smallest absolute Gasteiger partial charge is 0.303 e. The lowest BCUT2D eigenvalue weighted by Gasteiger charge is -2.06. The molecule has 0 saturated heterocycles. The molecule has 0 radical (unpaired) electrons. The standard InChI is InChI=1S/C15H17NO3/c17-15(18)8-2-1-5-9-19-13-10-12-6-3-4-7-14(12)16-11-13/h3-4,6-7,10-11H,1-2,5,8-9H2,(H,17,18). The highest BCUT2D eigenvalue weighted by molar-refractivity contribution is 5.79. The van der Waals surface area contributed by atoms with Crippen molar-refractivity contribution in [2.24, 2.45) is 0 Å². The van der Waals surface area contributed by atoms with Gasteiger partial charge in [0.25, 0.3) is 0 Å². The van der Waals surface area contributed by atoms with Gasteiger partial charge in [-0.3, -0.25) is 9.78 Å². The van der Waals surface area contributed by atoms with Crippen LogP contribution in [-0.4, -0.2) is 22.7 Å². The highest BCUT2D eigenvalue weighted by atomic mass is 16.5. The minimum absolute atomic E-state index is 0.234. The first-order chi connectivity index (χ1) is 9.25. The van der Waals surface area contributed by atoms with Gasteiger partial charge in [0.2, 0.25) is 0 Å². The first-order valence-corrected chi connectivity index (χ1v) is 6.45. The van der Waals surface area contributed by atoms with Crippen LogP contribution in [0.2, 0.25) is 0 Å². The summed E-state index contributed by atoms with van der Waals surface area (Å²) in [5.74, 6) is 0.0246. The van der Waals surface area contributed by atoms with E-state index in [1.165, 1.54) is 0 Å². The average molecular weight is 259 g/mol. The molecule has 0 fully saturated rings. The van der Waals surface area contributed by atoms with Gasteiger partial charge in [0.05, 0.1) is 18.3 Å². The number of carboxylic acids is 1. The number of carboxylic acid groups (broad SMARTS) is 1. The second kappa shape index (κ2) is 6.73. The topological polar surface area (TPSA) is 59.4 Å². The molecule has 2 aromatic rings. The number of fused-ring (bicyclic) bond motifs is 1. The number of pyridine rings is 1. The molecule has 0 amide bonds. The molecule has 1 heterocycles. The molecule has 1 aromatic heterocycles. The second-order valence-electron chi connectivity index (χ2n) is 4.42. The third-order valence-corrected chi connectivity index (χ3v) is 2.87. The molecule has 0 unspecified atom stereocenters. The number of para-hydroxylation sites is 1. The zero-order chi connectivity index (χ0) is 13.5. The van der Waals surface area contributed by atoms with Gasteiger partial charge >= 0.3 is 5.97 Å². The third-order valence-electron chi connectivity index (χ3n) is 2.87. The predicted octanol–water partition coefficient (Wildman–Crippen LogP) is 3.26. The zero-order valence-corrected chi connectivity index (χ0v) is 10.7. The lowest BCUT2D eigenvalue weighted by atomic mass is 10.2. The minimum atomic E-state index is -0.736. The summed E-state index contributed by atoms with van der Waals surface area (Å²) in [5, 5.41) is 9.57. The van der Waals surface area contributed by atoms with E-state index in [0.29, 0.717) is 13.0 Å². The fourth-order valence-corrected chi connectivity index (χ4v) is 1.87. The van der Waals surface area contributed by atoms with Gasteiger partial charge in [0.15, 0.2) is 0 Å². The Morgan fingerprint density at radius 2 is 2.05 bits per heavy atom. The monoisotopic (exact) mass is 259 g/mol. The van der Waals surface area contributed by atoms with E-state index in [4.69, 9.17) is 9.84 Å². The molecule has 100 valence electrons. The molecule has 1 aromatic carbocycles. The quantitative estimate of drug-likeness (QED) is 0.775. The maximum atomic E-state index is 10.3. The molecular weight excluding hydrogens is 242 g/mol. The van der Waals surface area contributed by atoms with Crippen LogP contribution in [0.1, 0.15) is 25.7 Å². The van der Waals surface area contributed by atoms with Crippen molar-refractivity contribution < 1.29 is 14.6 Å². The molecule has 0 aliphatic carbocycles. The number of hydrogen-bond donors (Lipinski definition) is 1. The van der Waals surface area contributed by atoms with Gasteiger partial charge in [0.1, 0.15) is 5.75 Å². The third kappa shape index (κ3) is 4.25. The Kier molecular flexibility index (Phi) is 4.72. The Labute approximate surface area is 112 Å². The Balaban J connectivity index is 1.77. The van der Waals surface area contributed by atoms with E-state index in [0.717, 1.165) is 29.5 Å². The molecule has 0 aliphatic heterocycles. The molecule has 0 spiro atoms. The maximum absolute atomic E-state index is 10.3. The van der Waals surface area contributed by atoms with Crippen LogP contribution in [0.5, 0.6) is 5.75 Å². The van der Waals surface area contributed by atoms with E-state index in [9.17, 15) is 4.79 Å². The summed E-state index contributed by atoms with van der Waals surface area (Å²) < 4.78 is 5.61. The van der Waals surface area contributed by atoms with Gasteiger partial charge in [-0.2, -0.15) is 0 Å². The van der Waals surface area contributed by atoms with Crippen molar-refractivity contribution in [3.63, 3.8) is 0 Å². The molecule has 4 nitrogen and oxygen atoms in total. The number of carbonyl (C=O) groups is 1. The van der Waals surface area contributed by atoms with E-state index in [2.05, 4.69) is 4.98 Å². The number of benzene rings is 1. The van der Waals surface area contributed by atoms with Crippen LogP contribution in [-0.2, 0) is 4.79 Å². The van der Waals surface area contributed by atoms with Gasteiger partial charge in [-0.15, -0.1) is 0 Å². The van der Waals surface area contributed by atoms with Crippen LogP contribution < -0.4 is 4.74 Å². The van der Waals surface area contributed by atoms with Crippen molar-refractivity contribution in [2.45, 2.75) is 25.7 Å². The summed E-state index contributed by atoms with van der Waals surface area (Å²) in [6, 6.07) is 9.87. The zero-order valence-electron chi connectivity index (χ0n) is 10.7. The molecule has 0 atom stereocenters. The fraction of sp³-hybridized carbons (Fsp3) is 0.333.